The first-order valence-corrected chi connectivity index (χ1v) is 6.75. The third-order valence-corrected chi connectivity index (χ3v) is 3.32. The van der Waals surface area contributed by atoms with Crippen molar-refractivity contribution in [3.8, 4) is 11.5 Å². The quantitative estimate of drug-likeness (QED) is 0.930. The second-order valence-corrected chi connectivity index (χ2v) is 5.20. The second kappa shape index (κ2) is 5.17. The van der Waals surface area contributed by atoms with Gasteiger partial charge in [-0.3, -0.25) is 4.68 Å². The van der Waals surface area contributed by atoms with E-state index in [0.29, 0.717) is 25.0 Å². The normalized spacial score (nSPS) is 17.1. The third kappa shape index (κ3) is 2.49. The van der Waals surface area contributed by atoms with E-state index in [1.54, 1.807) is 0 Å². The Morgan fingerprint density at radius 2 is 2.30 bits per heavy atom. The number of aliphatic hydroxyl groups is 1. The average molecular weight is 274 g/mol. The Hall–Kier alpha value is -2.01. The Morgan fingerprint density at radius 3 is 3.05 bits per heavy atom. The number of aliphatic hydroxyl groups excluding tert-OH is 1. The summed E-state index contributed by atoms with van der Waals surface area (Å²) < 4.78 is 13.0. The molecule has 3 rings (SSSR count). The van der Waals surface area contributed by atoms with Crippen molar-refractivity contribution in [3.63, 3.8) is 0 Å². The van der Waals surface area contributed by atoms with E-state index in [1.165, 1.54) is 0 Å². The van der Waals surface area contributed by atoms with E-state index in [0.717, 1.165) is 17.0 Å². The highest BCUT2D eigenvalue weighted by Gasteiger charge is 2.22. The van der Waals surface area contributed by atoms with Crippen LogP contribution in [0.4, 0.5) is 0 Å². The molecule has 0 amide bonds. The van der Waals surface area contributed by atoms with Crippen LogP contribution in [-0.2, 0) is 6.61 Å². The van der Waals surface area contributed by atoms with Gasteiger partial charge in [-0.25, -0.2) is 0 Å². The summed E-state index contributed by atoms with van der Waals surface area (Å²) in [5, 5.41) is 14.1. The first kappa shape index (κ1) is 13.0. The minimum atomic E-state index is -0.527. The number of benzene rings is 1. The molecule has 5 heteroatoms. The van der Waals surface area contributed by atoms with Gasteiger partial charge in [0.1, 0.15) is 30.8 Å². The molecule has 0 aliphatic carbocycles. The average Bonchev–Trinajstić information content (AvgIpc) is 3.04. The summed E-state index contributed by atoms with van der Waals surface area (Å²) in [4.78, 5) is 0. The van der Waals surface area contributed by atoms with Crippen LogP contribution in [0.1, 0.15) is 37.3 Å². The topological polar surface area (TPSA) is 56.5 Å². The van der Waals surface area contributed by atoms with Crippen molar-refractivity contribution in [2.45, 2.75) is 32.6 Å². The van der Waals surface area contributed by atoms with Crippen LogP contribution < -0.4 is 9.47 Å². The van der Waals surface area contributed by atoms with Gasteiger partial charge in [0.2, 0.25) is 0 Å². The van der Waals surface area contributed by atoms with Gasteiger partial charge in [0.25, 0.3) is 0 Å². The Balaban J connectivity index is 1.66. The van der Waals surface area contributed by atoms with Gasteiger partial charge in [0.15, 0.2) is 0 Å². The maximum Gasteiger partial charge on any atom is 0.132 e. The lowest BCUT2D eigenvalue weighted by molar-refractivity contribution is 0.140. The van der Waals surface area contributed by atoms with Crippen molar-refractivity contribution in [2.24, 2.45) is 0 Å². The fourth-order valence-corrected chi connectivity index (χ4v) is 2.16. The lowest BCUT2D eigenvalue weighted by atomic mass is 10.1. The largest absolute Gasteiger partial charge is 0.490 e. The third-order valence-electron chi connectivity index (χ3n) is 3.32. The maximum atomic E-state index is 9.66. The Bertz CT molecular complexity index is 607. The molecule has 1 atom stereocenters. The van der Waals surface area contributed by atoms with Gasteiger partial charge in [-0.2, -0.15) is 5.10 Å². The molecule has 1 aliphatic rings. The van der Waals surface area contributed by atoms with Gasteiger partial charge in [0, 0.05) is 23.9 Å². The number of ether oxygens (including phenoxy) is 2. The molecule has 1 aliphatic heterocycles. The maximum absolute atomic E-state index is 9.66. The van der Waals surface area contributed by atoms with Crippen molar-refractivity contribution >= 4 is 0 Å². The number of rotatable bonds is 4. The zero-order valence-electron chi connectivity index (χ0n) is 11.6. The molecule has 1 aromatic heterocycles. The monoisotopic (exact) mass is 274 g/mol. The highest BCUT2D eigenvalue weighted by molar-refractivity contribution is 5.44. The van der Waals surface area contributed by atoms with Crippen LogP contribution in [0.5, 0.6) is 11.5 Å². The van der Waals surface area contributed by atoms with Crippen molar-refractivity contribution in [1.29, 1.82) is 0 Å². The summed E-state index contributed by atoms with van der Waals surface area (Å²) in [6, 6.07) is 7.79. The molecule has 106 valence electrons. The Labute approximate surface area is 117 Å². The van der Waals surface area contributed by atoms with Gasteiger partial charge in [-0.1, -0.05) is 0 Å². The van der Waals surface area contributed by atoms with Crippen LogP contribution >= 0.6 is 0 Å². The smallest absolute Gasteiger partial charge is 0.132 e. The van der Waals surface area contributed by atoms with E-state index in [1.807, 2.05) is 35.1 Å². The molecule has 0 radical (unpaired) electrons. The molecular weight excluding hydrogens is 256 g/mol. The van der Waals surface area contributed by atoms with E-state index in [9.17, 15) is 5.11 Å². The fourth-order valence-electron chi connectivity index (χ4n) is 2.16. The summed E-state index contributed by atoms with van der Waals surface area (Å²) in [7, 11) is 0. The van der Waals surface area contributed by atoms with Crippen molar-refractivity contribution in [2.75, 3.05) is 6.61 Å². The molecule has 0 bridgehead atoms. The minimum Gasteiger partial charge on any atom is -0.490 e. The molecular formula is C15H18N2O3. The molecule has 2 aromatic rings. The zero-order valence-corrected chi connectivity index (χ0v) is 11.6. The summed E-state index contributed by atoms with van der Waals surface area (Å²) in [6.45, 7) is 4.90. The van der Waals surface area contributed by atoms with E-state index < -0.39 is 6.10 Å². The van der Waals surface area contributed by atoms with Crippen LogP contribution in [0.25, 0.3) is 0 Å². The van der Waals surface area contributed by atoms with E-state index in [4.69, 9.17) is 9.47 Å². The van der Waals surface area contributed by atoms with Gasteiger partial charge in [-0.15, -0.1) is 0 Å². The number of aromatic nitrogens is 2. The lowest BCUT2D eigenvalue weighted by Crippen LogP contribution is -2.03. The molecule has 0 fully saturated rings. The van der Waals surface area contributed by atoms with E-state index in [-0.39, 0.29) is 0 Å². The SMILES string of the molecule is CC(C)n1ccc(COc2ccc3c(c2)OCC3O)n1. The number of hydrogen-bond acceptors (Lipinski definition) is 4. The van der Waals surface area contributed by atoms with Gasteiger partial charge < -0.3 is 14.6 Å². The van der Waals surface area contributed by atoms with Crippen molar-refractivity contribution < 1.29 is 14.6 Å². The van der Waals surface area contributed by atoms with Crippen LogP contribution in [-0.4, -0.2) is 21.5 Å². The van der Waals surface area contributed by atoms with Crippen LogP contribution in [0, 0.1) is 0 Å². The molecule has 20 heavy (non-hydrogen) atoms. The molecule has 2 heterocycles. The fraction of sp³-hybridized carbons (Fsp3) is 0.400. The molecule has 0 saturated carbocycles. The van der Waals surface area contributed by atoms with Gasteiger partial charge in [-0.05, 0) is 32.0 Å². The minimum absolute atomic E-state index is 0.317. The molecule has 1 aromatic carbocycles. The summed E-state index contributed by atoms with van der Waals surface area (Å²) in [5.41, 5.74) is 1.71. The van der Waals surface area contributed by atoms with Gasteiger partial charge in [0.05, 0.1) is 5.69 Å². The molecule has 1 unspecified atom stereocenters. The van der Waals surface area contributed by atoms with Crippen LogP contribution in [0.15, 0.2) is 30.5 Å². The van der Waals surface area contributed by atoms with Crippen molar-refractivity contribution in [3.05, 3.63) is 41.7 Å². The summed E-state index contributed by atoms with van der Waals surface area (Å²) in [5.74, 6) is 1.42. The molecule has 0 saturated heterocycles. The van der Waals surface area contributed by atoms with Crippen LogP contribution in [0.2, 0.25) is 0 Å². The van der Waals surface area contributed by atoms with E-state index in [2.05, 4.69) is 18.9 Å². The number of fused-ring (bicyclic) bond motifs is 1. The highest BCUT2D eigenvalue weighted by atomic mass is 16.5. The predicted molar refractivity (Wildman–Crippen MR) is 73.8 cm³/mol. The number of nitrogens with zero attached hydrogens (tertiary/aromatic N) is 2. The Morgan fingerprint density at radius 1 is 1.45 bits per heavy atom. The highest BCUT2D eigenvalue weighted by Crippen LogP contribution is 2.35. The lowest BCUT2D eigenvalue weighted by Gasteiger charge is -2.07. The molecule has 1 N–H and O–H groups in total. The zero-order chi connectivity index (χ0) is 14.1. The standard InChI is InChI=1S/C15H18N2O3/c1-10(2)17-6-5-11(16-17)8-19-12-3-4-13-14(18)9-20-15(13)7-12/h3-7,10,14,18H,8-9H2,1-2H3. The first-order valence-electron chi connectivity index (χ1n) is 6.75. The number of hydrogen-bond donors (Lipinski definition) is 1. The second-order valence-electron chi connectivity index (χ2n) is 5.20. The predicted octanol–water partition coefficient (Wildman–Crippen LogP) is 2.47. The van der Waals surface area contributed by atoms with Crippen molar-refractivity contribution in [1.82, 2.24) is 9.78 Å². The van der Waals surface area contributed by atoms with Gasteiger partial charge >= 0.3 is 0 Å². The van der Waals surface area contributed by atoms with Crippen LogP contribution in [0.3, 0.4) is 0 Å². The Kier molecular flexibility index (Phi) is 3.36. The van der Waals surface area contributed by atoms with E-state index >= 15 is 0 Å². The molecule has 0 spiro atoms. The first-order chi connectivity index (χ1) is 9.63. The molecule has 5 nitrogen and oxygen atoms in total. The summed E-state index contributed by atoms with van der Waals surface area (Å²) >= 11 is 0. The summed E-state index contributed by atoms with van der Waals surface area (Å²) in [6.07, 6.45) is 1.42.